The second kappa shape index (κ2) is 6.84. The van der Waals surface area contributed by atoms with Crippen LogP contribution in [0.2, 0.25) is 0 Å². The first-order valence-corrected chi connectivity index (χ1v) is 7.96. The third-order valence-electron chi connectivity index (χ3n) is 3.73. The minimum absolute atomic E-state index is 0.205. The Balaban J connectivity index is 2.05. The van der Waals surface area contributed by atoms with E-state index in [0.29, 0.717) is 12.4 Å². The standard InChI is InChI=1S/C17H27N3O3/c1-11-6-12(7-13-9-20(5)10-14(13)21)8-15(18-11)19-16(22)23-17(2,3)4/h6,8,13-14,21H,7,9-10H2,1-5H3,(H,18,19,22)/t13-,14-/m0/s1. The predicted molar refractivity (Wildman–Crippen MR) is 89.5 cm³/mol. The number of amides is 1. The fourth-order valence-corrected chi connectivity index (χ4v) is 2.90. The molecule has 0 aromatic carbocycles. The van der Waals surface area contributed by atoms with E-state index in [0.717, 1.165) is 24.2 Å². The fraction of sp³-hybridized carbons (Fsp3) is 0.647. The van der Waals surface area contributed by atoms with Crippen LogP contribution in [0.25, 0.3) is 0 Å². The molecule has 2 N–H and O–H groups in total. The predicted octanol–water partition coefficient (Wildman–Crippen LogP) is 2.20. The average molecular weight is 321 g/mol. The van der Waals surface area contributed by atoms with Crippen LogP contribution < -0.4 is 5.32 Å². The van der Waals surface area contributed by atoms with Gasteiger partial charge in [-0.25, -0.2) is 9.78 Å². The van der Waals surface area contributed by atoms with Crippen LogP contribution >= 0.6 is 0 Å². The maximum atomic E-state index is 11.9. The van der Waals surface area contributed by atoms with Gasteiger partial charge in [-0.15, -0.1) is 0 Å². The molecule has 6 heteroatoms. The number of β-amino-alcohol motifs (C(OH)–C–C–N with tert-alkyl or cyclic N) is 1. The van der Waals surface area contributed by atoms with Crippen molar-refractivity contribution in [1.29, 1.82) is 0 Å². The molecule has 1 amide bonds. The number of hydrogen-bond acceptors (Lipinski definition) is 5. The molecule has 1 aromatic rings. The van der Waals surface area contributed by atoms with Gasteiger partial charge in [-0.3, -0.25) is 5.32 Å². The van der Waals surface area contributed by atoms with Crippen LogP contribution in [0.5, 0.6) is 0 Å². The lowest BCUT2D eigenvalue weighted by atomic mass is 9.97. The van der Waals surface area contributed by atoms with Gasteiger partial charge in [0.25, 0.3) is 0 Å². The molecular formula is C17H27N3O3. The molecule has 2 heterocycles. The normalized spacial score (nSPS) is 22.2. The van der Waals surface area contributed by atoms with Gasteiger partial charge in [-0.1, -0.05) is 0 Å². The average Bonchev–Trinajstić information content (AvgIpc) is 2.64. The highest BCUT2D eigenvalue weighted by Crippen LogP contribution is 2.22. The highest BCUT2D eigenvalue weighted by molar-refractivity contribution is 5.83. The molecule has 1 fully saturated rings. The van der Waals surface area contributed by atoms with Crippen LogP contribution in [0.4, 0.5) is 10.6 Å². The summed E-state index contributed by atoms with van der Waals surface area (Å²) in [5.74, 6) is 0.686. The van der Waals surface area contributed by atoms with E-state index in [9.17, 15) is 9.90 Å². The number of aliphatic hydroxyl groups excluding tert-OH is 1. The van der Waals surface area contributed by atoms with Gasteiger partial charge in [0.05, 0.1) is 6.10 Å². The molecule has 0 unspecified atom stereocenters. The zero-order chi connectivity index (χ0) is 17.2. The lowest BCUT2D eigenvalue weighted by Gasteiger charge is -2.20. The van der Waals surface area contributed by atoms with E-state index in [-0.39, 0.29) is 12.0 Å². The number of pyridine rings is 1. The van der Waals surface area contributed by atoms with Gasteiger partial charge in [0.15, 0.2) is 0 Å². The molecule has 23 heavy (non-hydrogen) atoms. The van der Waals surface area contributed by atoms with Gasteiger partial charge < -0.3 is 14.7 Å². The Morgan fingerprint density at radius 3 is 2.70 bits per heavy atom. The summed E-state index contributed by atoms with van der Waals surface area (Å²) in [4.78, 5) is 18.3. The van der Waals surface area contributed by atoms with E-state index < -0.39 is 11.7 Å². The first-order chi connectivity index (χ1) is 10.6. The highest BCUT2D eigenvalue weighted by Gasteiger charge is 2.29. The zero-order valence-corrected chi connectivity index (χ0v) is 14.6. The molecule has 0 saturated carbocycles. The number of aryl methyl sites for hydroxylation is 1. The number of nitrogens with zero attached hydrogens (tertiary/aromatic N) is 2. The summed E-state index contributed by atoms with van der Waals surface area (Å²) in [7, 11) is 2.01. The third kappa shape index (κ3) is 5.48. The van der Waals surface area contributed by atoms with E-state index in [1.54, 1.807) is 0 Å². The van der Waals surface area contributed by atoms with Crippen molar-refractivity contribution in [1.82, 2.24) is 9.88 Å². The van der Waals surface area contributed by atoms with Crippen LogP contribution in [0.15, 0.2) is 12.1 Å². The molecule has 0 spiro atoms. The minimum atomic E-state index is -0.546. The lowest BCUT2D eigenvalue weighted by molar-refractivity contribution is 0.0635. The summed E-state index contributed by atoms with van der Waals surface area (Å²) in [5.41, 5.74) is 1.34. The number of carbonyl (C=O) groups is 1. The van der Waals surface area contributed by atoms with E-state index in [1.807, 2.05) is 46.9 Å². The number of likely N-dealkylation sites (N-methyl/N-ethyl adjacent to an activating group) is 1. The number of ether oxygens (including phenoxy) is 1. The summed E-state index contributed by atoms with van der Waals surface area (Å²) in [5, 5.41) is 12.8. The van der Waals surface area contributed by atoms with Gasteiger partial charge >= 0.3 is 6.09 Å². The molecule has 0 radical (unpaired) electrons. The molecule has 1 saturated heterocycles. The van der Waals surface area contributed by atoms with Crippen molar-refractivity contribution in [2.45, 2.75) is 45.8 Å². The highest BCUT2D eigenvalue weighted by atomic mass is 16.6. The van der Waals surface area contributed by atoms with Crippen LogP contribution in [0.1, 0.15) is 32.0 Å². The van der Waals surface area contributed by atoms with E-state index in [2.05, 4.69) is 15.2 Å². The molecule has 128 valence electrons. The van der Waals surface area contributed by atoms with Gasteiger partial charge in [0.1, 0.15) is 11.4 Å². The molecule has 2 rings (SSSR count). The first-order valence-electron chi connectivity index (χ1n) is 7.96. The molecule has 1 aromatic heterocycles. The Morgan fingerprint density at radius 2 is 2.13 bits per heavy atom. The van der Waals surface area contributed by atoms with E-state index >= 15 is 0 Å². The van der Waals surface area contributed by atoms with Crippen LogP contribution in [0, 0.1) is 12.8 Å². The first kappa shape index (κ1) is 17.7. The SMILES string of the molecule is Cc1cc(C[C@H]2CN(C)C[C@@H]2O)cc(NC(=O)OC(C)(C)C)n1. The second-order valence-electron chi connectivity index (χ2n) is 7.38. The molecule has 2 atom stereocenters. The number of anilines is 1. The topological polar surface area (TPSA) is 74.7 Å². The smallest absolute Gasteiger partial charge is 0.413 e. The Morgan fingerprint density at radius 1 is 1.43 bits per heavy atom. The van der Waals surface area contributed by atoms with Gasteiger partial charge in [-0.05, 0) is 58.9 Å². The van der Waals surface area contributed by atoms with Crippen molar-refractivity contribution >= 4 is 11.9 Å². The number of rotatable bonds is 3. The van der Waals surface area contributed by atoms with Crippen molar-refractivity contribution in [2.24, 2.45) is 5.92 Å². The third-order valence-corrected chi connectivity index (χ3v) is 3.73. The maximum absolute atomic E-state index is 11.9. The summed E-state index contributed by atoms with van der Waals surface area (Å²) < 4.78 is 5.25. The van der Waals surface area contributed by atoms with Gasteiger partial charge in [0, 0.05) is 24.7 Å². The Labute approximate surface area is 137 Å². The van der Waals surface area contributed by atoms with Gasteiger partial charge in [0.2, 0.25) is 0 Å². The van der Waals surface area contributed by atoms with Crippen molar-refractivity contribution in [3.63, 3.8) is 0 Å². The van der Waals surface area contributed by atoms with Crippen molar-refractivity contribution in [3.05, 3.63) is 23.4 Å². The number of likely N-dealkylation sites (tertiary alicyclic amines) is 1. The summed E-state index contributed by atoms with van der Waals surface area (Å²) in [6, 6.07) is 3.84. The van der Waals surface area contributed by atoms with Crippen molar-refractivity contribution in [3.8, 4) is 0 Å². The maximum Gasteiger partial charge on any atom is 0.413 e. The number of nitrogens with one attached hydrogen (secondary N) is 1. The molecule has 0 bridgehead atoms. The zero-order valence-electron chi connectivity index (χ0n) is 14.6. The Hall–Kier alpha value is -1.66. The number of hydrogen-bond donors (Lipinski definition) is 2. The summed E-state index contributed by atoms with van der Waals surface area (Å²) in [6.07, 6.45) is -0.0596. The molecule has 0 aliphatic carbocycles. The van der Waals surface area contributed by atoms with Crippen LogP contribution in [0.3, 0.4) is 0 Å². The Bertz CT molecular complexity index is 569. The summed E-state index contributed by atoms with van der Waals surface area (Å²) in [6.45, 7) is 8.93. The number of aliphatic hydroxyl groups is 1. The Kier molecular flexibility index (Phi) is 5.26. The van der Waals surface area contributed by atoms with E-state index in [1.165, 1.54) is 0 Å². The number of aromatic nitrogens is 1. The quantitative estimate of drug-likeness (QED) is 0.893. The second-order valence-corrected chi connectivity index (χ2v) is 7.38. The largest absolute Gasteiger partial charge is 0.444 e. The monoisotopic (exact) mass is 321 g/mol. The summed E-state index contributed by atoms with van der Waals surface area (Å²) >= 11 is 0. The lowest BCUT2D eigenvalue weighted by Crippen LogP contribution is -2.27. The van der Waals surface area contributed by atoms with Crippen molar-refractivity contribution < 1.29 is 14.6 Å². The fourth-order valence-electron chi connectivity index (χ4n) is 2.90. The van der Waals surface area contributed by atoms with Crippen LogP contribution in [-0.4, -0.2) is 52.9 Å². The van der Waals surface area contributed by atoms with Gasteiger partial charge in [-0.2, -0.15) is 0 Å². The minimum Gasteiger partial charge on any atom is -0.444 e. The van der Waals surface area contributed by atoms with Crippen molar-refractivity contribution in [2.75, 3.05) is 25.5 Å². The molecule has 6 nitrogen and oxygen atoms in total. The molecule has 1 aliphatic heterocycles. The molecule has 1 aliphatic rings. The van der Waals surface area contributed by atoms with Crippen LogP contribution in [-0.2, 0) is 11.2 Å². The molecular weight excluding hydrogens is 294 g/mol. The van der Waals surface area contributed by atoms with E-state index in [4.69, 9.17) is 4.74 Å². The number of carbonyl (C=O) groups excluding carboxylic acids is 1.